The van der Waals surface area contributed by atoms with Crippen molar-refractivity contribution >= 4 is 15.4 Å². The standard InChI is InChI=1S/CFNSe/c2-4-1-3. The van der Waals surface area contributed by atoms with E-state index in [1.165, 1.54) is 4.97 Å². The Labute approximate surface area is 30.0 Å². The van der Waals surface area contributed by atoms with Crippen molar-refractivity contribution in [2.24, 2.45) is 0 Å². The molecule has 0 amide bonds. The topological polar surface area (TPSA) is 23.8 Å². The molecule has 0 spiro atoms. The van der Waals surface area contributed by atoms with Crippen LogP contribution in [0.15, 0.2) is 0 Å². The summed E-state index contributed by atoms with van der Waals surface area (Å²) in [6.45, 7) is 0. The SMILES string of the molecule is N#C[Se]F. The van der Waals surface area contributed by atoms with Crippen LogP contribution in [-0.2, 0) is 0 Å². The molecule has 0 N–H and O–H groups in total. The predicted molar refractivity (Wildman–Crippen MR) is 12.5 cm³/mol. The first kappa shape index (κ1) is 3.94. The molecule has 0 atom stereocenters. The Balaban J connectivity index is 2.43. The Bertz CT molecular complexity index is 37.8. The van der Waals surface area contributed by atoms with Crippen molar-refractivity contribution in [3.8, 4) is 4.97 Å². The second kappa shape index (κ2) is 2.94. The van der Waals surface area contributed by atoms with Crippen LogP contribution in [-0.4, -0.2) is 15.4 Å². The average molecular weight is 124 g/mol. The first-order valence-electron chi connectivity index (χ1n) is 0.582. The van der Waals surface area contributed by atoms with E-state index in [4.69, 9.17) is 5.26 Å². The predicted octanol–water partition coefficient (Wildman–Crippen LogP) is 0.0562. The second-order valence-electron chi connectivity index (χ2n) is 0.168. The Morgan fingerprint density at radius 2 is 2.25 bits per heavy atom. The van der Waals surface area contributed by atoms with Gasteiger partial charge in [0.2, 0.25) is 0 Å². The Hall–Kier alpha value is -0.0605. The first-order valence-corrected chi connectivity index (χ1v) is 2.09. The molecular formula is CFNSe. The zero-order chi connectivity index (χ0) is 3.41. The summed E-state index contributed by atoms with van der Waals surface area (Å²) >= 11 is -1.28. The van der Waals surface area contributed by atoms with Crippen molar-refractivity contribution < 1.29 is 3.55 Å². The number of rotatable bonds is 0. The fraction of sp³-hybridized carbons (Fsp3) is 0. The summed E-state index contributed by atoms with van der Waals surface area (Å²) < 4.78 is 10.4. The van der Waals surface area contributed by atoms with E-state index in [1.807, 2.05) is 0 Å². The average Bonchev–Trinajstić information content (AvgIpc) is 1.37. The number of hydrogen-bond acceptors (Lipinski definition) is 1. The molecule has 0 aromatic carbocycles. The van der Waals surface area contributed by atoms with Crippen LogP contribution in [0.1, 0.15) is 0 Å². The zero-order valence-corrected chi connectivity index (χ0v) is 3.45. The van der Waals surface area contributed by atoms with Crippen LogP contribution in [0.25, 0.3) is 0 Å². The van der Waals surface area contributed by atoms with Crippen LogP contribution in [0.3, 0.4) is 0 Å². The van der Waals surface area contributed by atoms with Gasteiger partial charge >= 0.3 is 29.2 Å². The van der Waals surface area contributed by atoms with Gasteiger partial charge in [-0.25, -0.2) is 0 Å². The monoisotopic (exact) mass is 125 g/mol. The van der Waals surface area contributed by atoms with Crippen LogP contribution in [0, 0.1) is 10.2 Å². The third kappa shape index (κ3) is 1.94. The summed E-state index contributed by atoms with van der Waals surface area (Å²) in [5, 5.41) is 7.28. The van der Waals surface area contributed by atoms with Crippen molar-refractivity contribution in [1.82, 2.24) is 0 Å². The van der Waals surface area contributed by atoms with E-state index in [1.54, 1.807) is 0 Å². The summed E-state index contributed by atoms with van der Waals surface area (Å²) in [6.07, 6.45) is 0. The molecule has 0 aliphatic rings. The first-order chi connectivity index (χ1) is 1.91. The fourth-order valence-electron chi connectivity index (χ4n) is 0. The molecule has 0 bridgehead atoms. The molecule has 0 radical (unpaired) electrons. The van der Waals surface area contributed by atoms with Gasteiger partial charge in [0.1, 0.15) is 0 Å². The molecule has 1 nitrogen and oxygen atoms in total. The van der Waals surface area contributed by atoms with Crippen molar-refractivity contribution in [2.45, 2.75) is 0 Å². The summed E-state index contributed by atoms with van der Waals surface area (Å²) in [7, 11) is 0. The van der Waals surface area contributed by atoms with Gasteiger partial charge in [-0.2, -0.15) is 0 Å². The maximum absolute atomic E-state index is 10.4. The Morgan fingerprint density at radius 1 is 2.00 bits per heavy atom. The van der Waals surface area contributed by atoms with E-state index in [0.29, 0.717) is 0 Å². The van der Waals surface area contributed by atoms with Crippen molar-refractivity contribution in [2.75, 3.05) is 0 Å². The molecule has 0 saturated carbocycles. The summed E-state index contributed by atoms with van der Waals surface area (Å²) in [6, 6.07) is 0. The number of halogens is 1. The van der Waals surface area contributed by atoms with Gasteiger partial charge in [0, 0.05) is 0 Å². The Kier molecular flexibility index (Phi) is 2.90. The zero-order valence-electron chi connectivity index (χ0n) is 1.73. The van der Waals surface area contributed by atoms with E-state index in [2.05, 4.69) is 0 Å². The molecule has 3 heteroatoms. The second-order valence-corrected chi connectivity index (χ2v) is 0.875. The molecule has 0 aliphatic carbocycles. The third-order valence-electron chi connectivity index (χ3n) is 0.0345. The van der Waals surface area contributed by atoms with Gasteiger partial charge in [0.05, 0.1) is 0 Å². The van der Waals surface area contributed by atoms with Gasteiger partial charge in [-0.1, -0.05) is 0 Å². The van der Waals surface area contributed by atoms with Gasteiger partial charge in [0.25, 0.3) is 0 Å². The van der Waals surface area contributed by atoms with Gasteiger partial charge in [-0.3, -0.25) is 0 Å². The molecule has 0 fully saturated rings. The molecular weight excluding hydrogens is 124 g/mol. The van der Waals surface area contributed by atoms with Crippen LogP contribution >= 0.6 is 0 Å². The molecule has 0 heterocycles. The molecule has 22 valence electrons. The summed E-state index contributed by atoms with van der Waals surface area (Å²) in [4.78, 5) is 1.33. The van der Waals surface area contributed by atoms with Crippen LogP contribution in [0.4, 0.5) is 3.55 Å². The normalized spacial score (nSPS) is 5.00. The van der Waals surface area contributed by atoms with Gasteiger partial charge in [-0.15, -0.1) is 0 Å². The van der Waals surface area contributed by atoms with Crippen LogP contribution in [0.5, 0.6) is 0 Å². The fourth-order valence-corrected chi connectivity index (χ4v) is 0. The molecule has 0 unspecified atom stereocenters. The van der Waals surface area contributed by atoms with E-state index in [-0.39, 0.29) is 0 Å². The maximum atomic E-state index is 10.4. The summed E-state index contributed by atoms with van der Waals surface area (Å²) in [5.41, 5.74) is 0. The minimum atomic E-state index is -1.28. The molecule has 0 rings (SSSR count). The van der Waals surface area contributed by atoms with Gasteiger partial charge in [0.15, 0.2) is 0 Å². The van der Waals surface area contributed by atoms with Crippen molar-refractivity contribution in [3.63, 3.8) is 0 Å². The molecule has 0 saturated heterocycles. The minimum absolute atomic E-state index is 1.28. The Morgan fingerprint density at radius 3 is 2.25 bits per heavy atom. The van der Waals surface area contributed by atoms with Crippen LogP contribution < -0.4 is 0 Å². The van der Waals surface area contributed by atoms with E-state index >= 15 is 0 Å². The van der Waals surface area contributed by atoms with Crippen LogP contribution in [0.2, 0.25) is 0 Å². The number of hydrogen-bond donors (Lipinski definition) is 0. The quantitative estimate of drug-likeness (QED) is 0.418. The van der Waals surface area contributed by atoms with E-state index in [0.717, 1.165) is 0 Å². The van der Waals surface area contributed by atoms with Gasteiger partial charge in [-0.05, 0) is 0 Å². The van der Waals surface area contributed by atoms with E-state index in [9.17, 15) is 3.55 Å². The molecule has 0 aromatic heterocycles. The number of nitriles is 1. The van der Waals surface area contributed by atoms with Crippen molar-refractivity contribution in [3.05, 3.63) is 0 Å². The van der Waals surface area contributed by atoms with E-state index < -0.39 is 15.4 Å². The molecule has 4 heavy (non-hydrogen) atoms. The molecule has 0 aliphatic heterocycles. The summed E-state index contributed by atoms with van der Waals surface area (Å²) in [5.74, 6) is 0. The number of nitrogens with zero attached hydrogens (tertiary/aromatic N) is 1. The van der Waals surface area contributed by atoms with Gasteiger partial charge < -0.3 is 0 Å². The van der Waals surface area contributed by atoms with Crippen molar-refractivity contribution in [1.29, 1.82) is 5.26 Å². The third-order valence-corrected chi connectivity index (χ3v) is 0.179. The molecule has 0 aromatic rings.